The van der Waals surface area contributed by atoms with Gasteiger partial charge in [-0.05, 0) is 6.42 Å². The molecule has 7 heteroatoms. The van der Waals surface area contributed by atoms with E-state index in [0.29, 0.717) is 6.42 Å². The summed E-state index contributed by atoms with van der Waals surface area (Å²) in [4.78, 5) is 11.4. The summed E-state index contributed by atoms with van der Waals surface area (Å²) in [5.41, 5.74) is 0. The van der Waals surface area contributed by atoms with Crippen molar-refractivity contribution in [3.63, 3.8) is 0 Å². The van der Waals surface area contributed by atoms with Gasteiger partial charge in [0.1, 0.15) is 0 Å². The second-order valence-corrected chi connectivity index (χ2v) is 5.95. The first-order chi connectivity index (χ1) is 8.90. The van der Waals surface area contributed by atoms with Crippen molar-refractivity contribution in [1.29, 1.82) is 0 Å². The van der Waals surface area contributed by atoms with Crippen molar-refractivity contribution in [2.75, 3.05) is 0 Å². The van der Waals surface area contributed by atoms with E-state index in [1.807, 2.05) is 0 Å². The first-order valence-corrected chi connectivity index (χ1v) is 8.15. The summed E-state index contributed by atoms with van der Waals surface area (Å²) in [5, 5.41) is 9.34. The van der Waals surface area contributed by atoms with Crippen molar-refractivity contribution in [2.45, 2.75) is 70.7 Å². The maximum atomic E-state index is 11.4. The number of unbranched alkanes of at least 4 members (excludes halogenated alkanes) is 7. The molecule has 0 aliphatic carbocycles. The minimum Gasteiger partial charge on any atom is -0.335 e. The molecule has 0 unspecified atom stereocenters. The number of carbonyl (C=O) groups is 1. The van der Waals surface area contributed by atoms with Crippen molar-refractivity contribution in [3.8, 4) is 0 Å². The fourth-order valence-electron chi connectivity index (χ4n) is 1.95. The molecule has 0 bridgehead atoms. The molecule has 0 atom stereocenters. The second-order valence-electron chi connectivity index (χ2n) is 4.80. The van der Waals surface area contributed by atoms with E-state index in [1.54, 1.807) is 0 Å². The molecule has 0 aromatic carbocycles. The first-order valence-electron chi connectivity index (χ1n) is 6.81. The van der Waals surface area contributed by atoms with Crippen LogP contribution in [0.15, 0.2) is 0 Å². The van der Waals surface area contributed by atoms with Crippen LogP contribution in [0, 0.1) is 0 Å². The van der Waals surface area contributed by atoms with Crippen LogP contribution in [-0.4, -0.2) is 25.3 Å². The van der Waals surface area contributed by atoms with Gasteiger partial charge in [-0.25, -0.2) is 0 Å². The van der Waals surface area contributed by atoms with Crippen LogP contribution in [0.3, 0.4) is 0 Å². The molecule has 6 nitrogen and oxygen atoms in total. The predicted molar refractivity (Wildman–Crippen MR) is 68.3 cm³/mol. The van der Waals surface area contributed by atoms with Gasteiger partial charge in [-0.2, -0.15) is 16.8 Å². The van der Waals surface area contributed by atoms with E-state index in [9.17, 15) is 18.3 Å². The largest absolute Gasteiger partial charge is 0.409 e. The highest BCUT2D eigenvalue weighted by molar-refractivity contribution is 7.82. The number of hydrogen-bond donors (Lipinski definition) is 1. The molecule has 0 saturated carbocycles. The lowest BCUT2D eigenvalue weighted by atomic mass is 10.1. The average molecular weight is 294 g/mol. The van der Waals surface area contributed by atoms with Crippen LogP contribution in [0.4, 0.5) is 0 Å². The highest BCUT2D eigenvalue weighted by Gasteiger charge is 2.56. The van der Waals surface area contributed by atoms with Gasteiger partial charge < -0.3 is 5.11 Å². The minimum absolute atomic E-state index is 0.0565. The summed E-state index contributed by atoms with van der Waals surface area (Å²) in [7, 11) is -4.15. The summed E-state index contributed by atoms with van der Waals surface area (Å²) in [6.07, 6.45) is 8.63. The Kier molecular flexibility index (Phi) is 6.38. The van der Waals surface area contributed by atoms with Gasteiger partial charge in [0.2, 0.25) is 5.78 Å². The predicted octanol–water partition coefficient (Wildman–Crippen LogP) is 2.02. The molecule has 0 radical (unpaired) electrons. The Bertz CT molecular complexity index is 377. The summed E-state index contributed by atoms with van der Waals surface area (Å²) in [6, 6.07) is 0. The molecule has 1 rings (SSSR count). The summed E-state index contributed by atoms with van der Waals surface area (Å²) in [6.45, 7) is 2.17. The SMILES string of the molecule is CCCCCCCCCCC(=O)C1(O)OS(=O)(=O)O1. The lowest BCUT2D eigenvalue weighted by molar-refractivity contribution is -0.300. The number of rotatable bonds is 10. The van der Waals surface area contributed by atoms with Gasteiger partial charge in [-0.3, -0.25) is 4.79 Å². The zero-order valence-corrected chi connectivity index (χ0v) is 12.1. The zero-order valence-electron chi connectivity index (χ0n) is 11.3. The monoisotopic (exact) mass is 294 g/mol. The van der Waals surface area contributed by atoms with Gasteiger partial charge in [-0.15, -0.1) is 0 Å². The van der Waals surface area contributed by atoms with Crippen LogP contribution in [0.1, 0.15) is 64.7 Å². The number of aliphatic hydroxyl groups is 1. The van der Waals surface area contributed by atoms with Gasteiger partial charge in [-0.1, -0.05) is 51.9 Å². The van der Waals surface area contributed by atoms with Crippen LogP contribution in [0.5, 0.6) is 0 Å². The van der Waals surface area contributed by atoms with Crippen molar-refractivity contribution >= 4 is 16.2 Å². The Labute approximate surface area is 114 Å². The van der Waals surface area contributed by atoms with Gasteiger partial charge in [0, 0.05) is 6.42 Å². The Morgan fingerprint density at radius 3 is 1.95 bits per heavy atom. The summed E-state index contributed by atoms with van der Waals surface area (Å²) >= 11 is 0. The fourth-order valence-corrected chi connectivity index (χ4v) is 2.71. The second kappa shape index (κ2) is 7.33. The van der Waals surface area contributed by atoms with Crippen LogP contribution >= 0.6 is 0 Å². The Hall–Kier alpha value is -0.500. The van der Waals surface area contributed by atoms with E-state index >= 15 is 0 Å². The van der Waals surface area contributed by atoms with E-state index < -0.39 is 22.2 Å². The third-order valence-corrected chi connectivity index (χ3v) is 3.90. The molecule has 1 N–H and O–H groups in total. The summed E-state index contributed by atoms with van der Waals surface area (Å²) < 4.78 is 29.2. The maximum Gasteiger partial charge on any atom is 0.409 e. The third-order valence-electron chi connectivity index (χ3n) is 3.04. The van der Waals surface area contributed by atoms with E-state index in [4.69, 9.17) is 0 Å². The molecule has 0 aromatic heterocycles. The molecule has 1 aliphatic rings. The normalized spacial score (nSPS) is 19.9. The van der Waals surface area contributed by atoms with Crippen LogP contribution in [0.2, 0.25) is 0 Å². The Morgan fingerprint density at radius 1 is 1.00 bits per heavy atom. The lowest BCUT2D eigenvalue weighted by Gasteiger charge is -2.31. The lowest BCUT2D eigenvalue weighted by Crippen LogP contribution is -2.56. The number of hydrogen-bond acceptors (Lipinski definition) is 6. The standard InChI is InChI=1S/C12H22O6S/c1-2-3-4-5-6-7-8-9-10-11(13)12(14)17-19(15,16)18-12/h14H,2-10H2,1H3. The number of ketones is 1. The first kappa shape index (κ1) is 16.6. The van der Waals surface area contributed by atoms with Gasteiger partial charge in [0.15, 0.2) is 0 Å². The van der Waals surface area contributed by atoms with Crippen molar-refractivity contribution < 1.29 is 26.7 Å². The van der Waals surface area contributed by atoms with Gasteiger partial charge in [0.05, 0.1) is 0 Å². The van der Waals surface area contributed by atoms with Crippen LogP contribution in [-0.2, 0) is 23.6 Å². The van der Waals surface area contributed by atoms with Gasteiger partial charge >= 0.3 is 16.4 Å². The molecule has 1 fully saturated rings. The molecule has 1 heterocycles. The van der Waals surface area contributed by atoms with E-state index in [0.717, 1.165) is 19.3 Å². The maximum absolute atomic E-state index is 11.4. The fraction of sp³-hybridized carbons (Fsp3) is 0.917. The van der Waals surface area contributed by atoms with Crippen molar-refractivity contribution in [1.82, 2.24) is 0 Å². The van der Waals surface area contributed by atoms with Crippen LogP contribution in [0.25, 0.3) is 0 Å². The molecule has 0 amide bonds. The molecule has 1 saturated heterocycles. The van der Waals surface area contributed by atoms with Gasteiger partial charge in [0.25, 0.3) is 0 Å². The quantitative estimate of drug-likeness (QED) is 0.620. The molecule has 0 aromatic rings. The highest BCUT2D eigenvalue weighted by Crippen LogP contribution is 2.30. The zero-order chi connectivity index (χ0) is 14.4. The summed E-state index contributed by atoms with van der Waals surface area (Å²) in [5.74, 6) is -3.31. The molecule has 1 aliphatic heterocycles. The van der Waals surface area contributed by atoms with Crippen LogP contribution < -0.4 is 0 Å². The number of carbonyl (C=O) groups excluding carboxylic acids is 1. The molecular weight excluding hydrogens is 272 g/mol. The smallest absolute Gasteiger partial charge is 0.335 e. The molecule has 112 valence electrons. The Balaban J connectivity index is 2.02. The topological polar surface area (TPSA) is 89.9 Å². The van der Waals surface area contributed by atoms with E-state index in [1.165, 1.54) is 25.7 Å². The Morgan fingerprint density at radius 2 is 1.47 bits per heavy atom. The molecule has 0 spiro atoms. The number of Topliss-reactive ketones (excluding diaryl/α,β-unsaturated/α-hetero) is 1. The third kappa shape index (κ3) is 5.56. The highest BCUT2D eigenvalue weighted by atomic mass is 32.3. The average Bonchev–Trinajstić information content (AvgIpc) is 2.29. The van der Waals surface area contributed by atoms with Crippen molar-refractivity contribution in [3.05, 3.63) is 0 Å². The minimum atomic E-state index is -4.15. The van der Waals surface area contributed by atoms with E-state index in [2.05, 4.69) is 15.3 Å². The molecule has 19 heavy (non-hydrogen) atoms. The van der Waals surface area contributed by atoms with Crippen molar-refractivity contribution in [2.24, 2.45) is 0 Å². The molecular formula is C12H22O6S. The van der Waals surface area contributed by atoms with E-state index in [-0.39, 0.29) is 6.42 Å².